The van der Waals surface area contributed by atoms with E-state index in [1.54, 1.807) is 36.7 Å². The molecule has 0 saturated heterocycles. The first-order valence-corrected chi connectivity index (χ1v) is 10.1. The minimum atomic E-state index is -3.75. The SMILES string of the molecule is NC(=O)c1n[c]c2c(n1)CN(S(=O)(=O)c1ccc(Oc3cccnc3)cc1)CC2. The van der Waals surface area contributed by atoms with Gasteiger partial charge in [0, 0.05) is 18.3 Å². The molecule has 1 radical (unpaired) electrons. The maximum atomic E-state index is 13.0. The van der Waals surface area contributed by atoms with Crippen LogP contribution in [0.2, 0.25) is 0 Å². The highest BCUT2D eigenvalue weighted by Gasteiger charge is 2.30. The molecule has 0 saturated carbocycles. The van der Waals surface area contributed by atoms with Crippen molar-refractivity contribution in [3.63, 3.8) is 0 Å². The lowest BCUT2D eigenvalue weighted by atomic mass is 10.1. The Labute approximate surface area is 167 Å². The van der Waals surface area contributed by atoms with Gasteiger partial charge in [0.25, 0.3) is 5.91 Å². The van der Waals surface area contributed by atoms with Gasteiger partial charge in [-0.15, -0.1) is 0 Å². The van der Waals surface area contributed by atoms with Gasteiger partial charge in [0.2, 0.25) is 15.8 Å². The van der Waals surface area contributed by atoms with Crippen molar-refractivity contribution in [1.82, 2.24) is 19.3 Å². The molecule has 4 rings (SSSR count). The fourth-order valence-corrected chi connectivity index (χ4v) is 4.31. The summed E-state index contributed by atoms with van der Waals surface area (Å²) in [6.07, 6.45) is 6.32. The van der Waals surface area contributed by atoms with E-state index in [1.807, 2.05) is 0 Å². The minimum absolute atomic E-state index is 0.0188. The highest BCUT2D eigenvalue weighted by molar-refractivity contribution is 7.89. The summed E-state index contributed by atoms with van der Waals surface area (Å²) >= 11 is 0. The Bertz CT molecular complexity index is 1150. The topological polar surface area (TPSA) is 128 Å². The molecule has 1 aromatic carbocycles. The number of carbonyl (C=O) groups is 1. The molecule has 2 aromatic heterocycles. The molecule has 3 aromatic rings. The number of ether oxygens (including phenoxy) is 1. The van der Waals surface area contributed by atoms with Gasteiger partial charge >= 0.3 is 0 Å². The van der Waals surface area contributed by atoms with Crippen LogP contribution in [0.5, 0.6) is 11.5 Å². The van der Waals surface area contributed by atoms with Gasteiger partial charge in [0.05, 0.1) is 29.5 Å². The Morgan fingerprint density at radius 1 is 1.17 bits per heavy atom. The highest BCUT2D eigenvalue weighted by atomic mass is 32.2. The summed E-state index contributed by atoms with van der Waals surface area (Å²) in [6, 6.07) is 9.63. The van der Waals surface area contributed by atoms with Crippen LogP contribution in [-0.4, -0.2) is 40.1 Å². The zero-order valence-electron chi connectivity index (χ0n) is 15.1. The number of sulfonamides is 1. The number of nitrogens with two attached hydrogens (primary N) is 1. The number of rotatable bonds is 5. The first kappa shape index (κ1) is 19.0. The summed E-state index contributed by atoms with van der Waals surface area (Å²) in [6.45, 7) is 0.282. The van der Waals surface area contributed by atoms with Gasteiger partial charge in [-0.2, -0.15) is 4.31 Å². The molecule has 9 nitrogen and oxygen atoms in total. The van der Waals surface area contributed by atoms with E-state index in [1.165, 1.54) is 16.4 Å². The lowest BCUT2D eigenvalue weighted by molar-refractivity contribution is 0.0989. The summed E-state index contributed by atoms with van der Waals surface area (Å²) in [5.74, 6) is 0.0828. The van der Waals surface area contributed by atoms with Crippen LogP contribution in [0.1, 0.15) is 21.9 Å². The summed E-state index contributed by atoms with van der Waals surface area (Å²) in [5.41, 5.74) is 6.31. The molecule has 2 N–H and O–H groups in total. The predicted molar refractivity (Wildman–Crippen MR) is 101 cm³/mol. The molecule has 3 heterocycles. The lowest BCUT2D eigenvalue weighted by Gasteiger charge is -2.27. The van der Waals surface area contributed by atoms with Gasteiger partial charge in [-0.1, -0.05) is 0 Å². The third-order valence-corrected chi connectivity index (χ3v) is 6.23. The Morgan fingerprint density at radius 3 is 2.66 bits per heavy atom. The lowest BCUT2D eigenvalue weighted by Crippen LogP contribution is -2.37. The second-order valence-corrected chi connectivity index (χ2v) is 8.24. The van der Waals surface area contributed by atoms with E-state index in [9.17, 15) is 13.2 Å². The Morgan fingerprint density at radius 2 is 1.97 bits per heavy atom. The summed E-state index contributed by atoms with van der Waals surface area (Å²) in [7, 11) is -3.75. The van der Waals surface area contributed by atoms with Crippen molar-refractivity contribution < 1.29 is 17.9 Å². The molecule has 0 spiro atoms. The average Bonchev–Trinajstić information content (AvgIpc) is 2.74. The molecule has 1 aliphatic heterocycles. The van der Waals surface area contributed by atoms with E-state index in [0.717, 1.165) is 0 Å². The number of pyridine rings is 1. The van der Waals surface area contributed by atoms with Crippen LogP contribution in [0, 0.1) is 6.20 Å². The number of amides is 1. The number of nitrogens with zero attached hydrogens (tertiary/aromatic N) is 4. The van der Waals surface area contributed by atoms with Gasteiger partial charge in [0.15, 0.2) is 0 Å². The first-order valence-electron chi connectivity index (χ1n) is 8.69. The second kappa shape index (κ2) is 7.57. The fraction of sp³-hybridized carbons (Fsp3) is 0.158. The molecule has 0 aliphatic carbocycles. The number of carbonyl (C=O) groups excluding carboxylic acids is 1. The number of primary amides is 1. The van der Waals surface area contributed by atoms with Crippen molar-refractivity contribution in [3.8, 4) is 11.5 Å². The van der Waals surface area contributed by atoms with Gasteiger partial charge in [-0.3, -0.25) is 9.78 Å². The minimum Gasteiger partial charge on any atom is -0.456 e. The van der Waals surface area contributed by atoms with E-state index in [-0.39, 0.29) is 23.8 Å². The van der Waals surface area contributed by atoms with Gasteiger partial charge < -0.3 is 10.5 Å². The molecule has 0 atom stereocenters. The Kier molecular flexibility index (Phi) is 4.95. The zero-order chi connectivity index (χ0) is 20.4. The van der Waals surface area contributed by atoms with Crippen molar-refractivity contribution >= 4 is 15.9 Å². The maximum Gasteiger partial charge on any atom is 0.286 e. The highest BCUT2D eigenvalue weighted by Crippen LogP contribution is 2.26. The average molecular weight is 410 g/mol. The zero-order valence-corrected chi connectivity index (χ0v) is 16.0. The van der Waals surface area contributed by atoms with Gasteiger partial charge in [-0.05, 0) is 42.8 Å². The Balaban J connectivity index is 1.54. The third kappa shape index (κ3) is 3.93. The standard InChI is InChI=1S/C19H16N5O4S/c20-18(25)19-22-10-13-7-9-24(12-17(13)23-19)29(26,27)16-5-3-14(4-6-16)28-15-2-1-8-21-11-15/h1-6,8,11H,7,9,12H2,(H2,20,25). The molecule has 29 heavy (non-hydrogen) atoms. The molecule has 10 heteroatoms. The maximum absolute atomic E-state index is 13.0. The largest absolute Gasteiger partial charge is 0.456 e. The van der Waals surface area contributed by atoms with Crippen LogP contribution in [0.25, 0.3) is 0 Å². The molecular formula is C19H16N5O4S. The van der Waals surface area contributed by atoms with Crippen molar-refractivity contribution in [3.05, 3.63) is 72.1 Å². The summed E-state index contributed by atoms with van der Waals surface area (Å²) in [4.78, 5) is 23.2. The van der Waals surface area contributed by atoms with Crippen LogP contribution < -0.4 is 10.5 Å². The van der Waals surface area contributed by atoms with E-state index in [0.29, 0.717) is 29.2 Å². The molecule has 0 bridgehead atoms. The van der Waals surface area contributed by atoms with E-state index in [4.69, 9.17) is 10.5 Å². The summed E-state index contributed by atoms with van der Waals surface area (Å²) < 4.78 is 33.0. The number of hydrogen-bond donors (Lipinski definition) is 1. The van der Waals surface area contributed by atoms with E-state index < -0.39 is 15.9 Å². The molecule has 0 fully saturated rings. The van der Waals surface area contributed by atoms with E-state index >= 15 is 0 Å². The molecule has 0 unspecified atom stereocenters. The summed E-state index contributed by atoms with van der Waals surface area (Å²) in [5, 5.41) is 0. The number of benzene rings is 1. The van der Waals surface area contributed by atoms with E-state index in [2.05, 4.69) is 21.1 Å². The van der Waals surface area contributed by atoms with Crippen molar-refractivity contribution in [2.45, 2.75) is 17.9 Å². The predicted octanol–water partition coefficient (Wildman–Crippen LogP) is 1.31. The smallest absolute Gasteiger partial charge is 0.286 e. The van der Waals surface area contributed by atoms with Crippen LogP contribution in [0.4, 0.5) is 0 Å². The monoisotopic (exact) mass is 410 g/mol. The van der Waals surface area contributed by atoms with Gasteiger partial charge in [-0.25, -0.2) is 18.4 Å². The molecular weight excluding hydrogens is 394 g/mol. The van der Waals surface area contributed by atoms with Crippen LogP contribution in [0.15, 0.2) is 53.7 Å². The third-order valence-electron chi connectivity index (χ3n) is 4.38. The number of hydrogen-bond acceptors (Lipinski definition) is 7. The van der Waals surface area contributed by atoms with Crippen molar-refractivity contribution in [1.29, 1.82) is 0 Å². The van der Waals surface area contributed by atoms with Crippen LogP contribution >= 0.6 is 0 Å². The van der Waals surface area contributed by atoms with Crippen LogP contribution in [-0.2, 0) is 23.0 Å². The molecule has 1 aliphatic rings. The van der Waals surface area contributed by atoms with Crippen LogP contribution in [0.3, 0.4) is 0 Å². The fourth-order valence-electron chi connectivity index (χ4n) is 2.91. The number of aromatic nitrogens is 3. The van der Waals surface area contributed by atoms with Crippen molar-refractivity contribution in [2.75, 3.05) is 6.54 Å². The normalized spacial score (nSPS) is 14.2. The quantitative estimate of drug-likeness (QED) is 0.671. The van der Waals surface area contributed by atoms with Gasteiger partial charge in [0.1, 0.15) is 11.5 Å². The molecule has 1 amide bonds. The van der Waals surface area contributed by atoms with Crippen molar-refractivity contribution in [2.24, 2.45) is 5.73 Å². The Hall–Kier alpha value is -3.37. The number of fused-ring (bicyclic) bond motifs is 1. The molecule has 147 valence electrons. The first-order chi connectivity index (χ1) is 13.9. The second-order valence-electron chi connectivity index (χ2n) is 6.30.